The molecule has 76 valence electrons. The molecule has 0 aliphatic heterocycles. The molecule has 0 bridgehead atoms. The maximum absolute atomic E-state index is 10.8. The first-order chi connectivity index (χ1) is 7.18. The molecule has 2 rings (SSSR count). The van der Waals surface area contributed by atoms with Crippen molar-refractivity contribution in [2.75, 3.05) is 0 Å². The summed E-state index contributed by atoms with van der Waals surface area (Å²) in [6.45, 7) is 0. The van der Waals surface area contributed by atoms with Gasteiger partial charge in [0.1, 0.15) is 12.0 Å². The monoisotopic (exact) mass is 224 g/mol. The van der Waals surface area contributed by atoms with Crippen molar-refractivity contribution in [1.82, 2.24) is 5.16 Å². The summed E-state index contributed by atoms with van der Waals surface area (Å²) in [6.07, 6.45) is 1.35. The third kappa shape index (κ3) is 1.82. The van der Waals surface area contributed by atoms with Gasteiger partial charge in [-0.2, -0.15) is 0 Å². The highest BCUT2D eigenvalue weighted by atomic mass is 35.5. The molecule has 0 spiro atoms. The fraction of sp³-hybridized carbons (Fsp3) is 0. The van der Waals surface area contributed by atoms with Gasteiger partial charge in [0.25, 0.3) is 5.69 Å². The smallest absolute Gasteiger partial charge is 0.280 e. The van der Waals surface area contributed by atoms with Gasteiger partial charge in [0.2, 0.25) is 0 Å². The van der Waals surface area contributed by atoms with E-state index in [4.69, 9.17) is 11.6 Å². The Hall–Kier alpha value is -1.88. The van der Waals surface area contributed by atoms with Gasteiger partial charge in [0.05, 0.1) is 10.5 Å². The van der Waals surface area contributed by atoms with Gasteiger partial charge in [0.15, 0.2) is 0 Å². The summed E-state index contributed by atoms with van der Waals surface area (Å²) in [4.78, 5) is 10.3. The van der Waals surface area contributed by atoms with Crippen LogP contribution in [-0.2, 0) is 0 Å². The second kappa shape index (κ2) is 3.70. The van der Waals surface area contributed by atoms with Crippen LogP contribution in [0.2, 0.25) is 5.02 Å². The van der Waals surface area contributed by atoms with Crippen molar-refractivity contribution in [2.45, 2.75) is 0 Å². The first-order valence-electron chi connectivity index (χ1n) is 4.03. The summed E-state index contributed by atoms with van der Waals surface area (Å²) in [7, 11) is 0. The van der Waals surface area contributed by atoms with Crippen LogP contribution in [0.4, 0.5) is 5.69 Å². The number of nitro groups is 1. The quantitative estimate of drug-likeness (QED) is 0.581. The fourth-order valence-corrected chi connectivity index (χ4v) is 1.39. The average Bonchev–Trinajstić information content (AvgIpc) is 2.70. The van der Waals surface area contributed by atoms with E-state index in [1.165, 1.54) is 12.3 Å². The molecule has 0 unspecified atom stereocenters. The van der Waals surface area contributed by atoms with Gasteiger partial charge in [-0.05, 0) is 12.1 Å². The van der Waals surface area contributed by atoms with E-state index in [1.54, 1.807) is 18.2 Å². The Kier molecular flexibility index (Phi) is 2.39. The molecule has 5 nitrogen and oxygen atoms in total. The molecule has 0 amide bonds. The molecule has 0 atom stereocenters. The van der Waals surface area contributed by atoms with Crippen LogP contribution in [-0.4, -0.2) is 10.1 Å². The number of aromatic nitrogens is 1. The maximum atomic E-state index is 10.8. The molecule has 0 aliphatic carbocycles. The van der Waals surface area contributed by atoms with Crippen LogP contribution in [0, 0.1) is 10.1 Å². The Labute approximate surface area is 89.4 Å². The lowest BCUT2D eigenvalue weighted by atomic mass is 10.1. The van der Waals surface area contributed by atoms with E-state index in [2.05, 4.69) is 9.68 Å². The summed E-state index contributed by atoms with van der Waals surface area (Å²) in [6, 6.07) is 5.94. The first-order valence-corrected chi connectivity index (χ1v) is 4.41. The predicted octanol–water partition coefficient (Wildman–Crippen LogP) is 2.90. The van der Waals surface area contributed by atoms with Gasteiger partial charge in [-0.15, -0.1) is 0 Å². The Bertz CT molecular complexity index is 496. The largest absolute Gasteiger partial charge is 0.364 e. The summed E-state index contributed by atoms with van der Waals surface area (Å²) in [5.74, 6) is 0. The maximum Gasteiger partial charge on any atom is 0.280 e. The van der Waals surface area contributed by atoms with Crippen LogP contribution < -0.4 is 0 Å². The highest BCUT2D eigenvalue weighted by molar-refractivity contribution is 6.30. The van der Waals surface area contributed by atoms with Crippen molar-refractivity contribution >= 4 is 17.3 Å². The molecule has 0 saturated carbocycles. The number of nitro benzene ring substituents is 1. The van der Waals surface area contributed by atoms with Crippen molar-refractivity contribution in [2.24, 2.45) is 0 Å². The predicted molar refractivity (Wildman–Crippen MR) is 53.6 cm³/mol. The lowest BCUT2D eigenvalue weighted by molar-refractivity contribution is -0.384. The lowest BCUT2D eigenvalue weighted by Crippen LogP contribution is -1.91. The average molecular weight is 225 g/mol. The standard InChI is InChI=1S/C9H5ClN2O3/c10-6-1-2-7(8-3-4-15-11-8)9(5-6)12(13)14/h1-5H. The Balaban J connectivity index is 2.61. The minimum absolute atomic E-state index is 0.0867. The van der Waals surface area contributed by atoms with E-state index >= 15 is 0 Å². The molecule has 0 N–H and O–H groups in total. The van der Waals surface area contributed by atoms with Crippen LogP contribution in [0.3, 0.4) is 0 Å². The van der Waals surface area contributed by atoms with Crippen molar-refractivity contribution in [3.63, 3.8) is 0 Å². The highest BCUT2D eigenvalue weighted by Crippen LogP contribution is 2.30. The van der Waals surface area contributed by atoms with Crippen LogP contribution in [0.1, 0.15) is 0 Å². The number of benzene rings is 1. The summed E-state index contributed by atoms with van der Waals surface area (Å²) in [5.41, 5.74) is 0.716. The Morgan fingerprint density at radius 1 is 1.40 bits per heavy atom. The minimum atomic E-state index is -0.504. The van der Waals surface area contributed by atoms with Gasteiger partial charge in [-0.1, -0.05) is 16.8 Å². The molecule has 0 radical (unpaired) electrons. The lowest BCUT2D eigenvalue weighted by Gasteiger charge is -1.98. The third-order valence-corrected chi connectivity index (χ3v) is 2.11. The fourth-order valence-electron chi connectivity index (χ4n) is 1.22. The van der Waals surface area contributed by atoms with Gasteiger partial charge < -0.3 is 4.52 Å². The number of halogens is 1. The molecule has 1 heterocycles. The third-order valence-electron chi connectivity index (χ3n) is 1.87. The molecule has 0 aliphatic rings. The van der Waals surface area contributed by atoms with Crippen molar-refractivity contribution in [1.29, 1.82) is 0 Å². The number of rotatable bonds is 2. The molecule has 1 aromatic heterocycles. The SMILES string of the molecule is O=[N+]([O-])c1cc(Cl)ccc1-c1ccon1. The Morgan fingerprint density at radius 3 is 2.80 bits per heavy atom. The molecular weight excluding hydrogens is 220 g/mol. The van der Waals surface area contributed by atoms with Gasteiger partial charge in [0, 0.05) is 17.2 Å². The number of nitrogens with zero attached hydrogens (tertiary/aromatic N) is 2. The summed E-state index contributed by atoms with van der Waals surface area (Å²) in [5, 5.41) is 14.7. The van der Waals surface area contributed by atoms with Crippen LogP contribution in [0.5, 0.6) is 0 Å². The van der Waals surface area contributed by atoms with E-state index in [1.807, 2.05) is 0 Å². The number of hydrogen-bond acceptors (Lipinski definition) is 4. The minimum Gasteiger partial charge on any atom is -0.364 e. The molecule has 2 aromatic rings. The molecule has 6 heteroatoms. The van der Waals surface area contributed by atoms with Gasteiger partial charge in [-0.3, -0.25) is 10.1 Å². The second-order valence-corrected chi connectivity index (χ2v) is 3.24. The van der Waals surface area contributed by atoms with Crippen molar-refractivity contribution in [3.05, 3.63) is 45.7 Å². The van der Waals surface area contributed by atoms with Gasteiger partial charge >= 0.3 is 0 Å². The van der Waals surface area contributed by atoms with E-state index in [9.17, 15) is 10.1 Å². The van der Waals surface area contributed by atoms with E-state index in [0.717, 1.165) is 0 Å². The zero-order valence-corrected chi connectivity index (χ0v) is 8.14. The normalized spacial score (nSPS) is 10.2. The molecule has 0 fully saturated rings. The zero-order chi connectivity index (χ0) is 10.8. The van der Waals surface area contributed by atoms with E-state index in [-0.39, 0.29) is 5.69 Å². The van der Waals surface area contributed by atoms with E-state index in [0.29, 0.717) is 16.3 Å². The molecular formula is C9H5ClN2O3. The topological polar surface area (TPSA) is 69.2 Å². The van der Waals surface area contributed by atoms with Crippen molar-refractivity contribution in [3.8, 4) is 11.3 Å². The molecule has 15 heavy (non-hydrogen) atoms. The second-order valence-electron chi connectivity index (χ2n) is 2.80. The van der Waals surface area contributed by atoms with Crippen molar-refractivity contribution < 1.29 is 9.45 Å². The first kappa shape index (κ1) is 9.67. The summed E-state index contributed by atoms with van der Waals surface area (Å²) < 4.78 is 4.63. The van der Waals surface area contributed by atoms with Crippen LogP contribution in [0.25, 0.3) is 11.3 Å². The summed E-state index contributed by atoms with van der Waals surface area (Å²) >= 11 is 5.67. The van der Waals surface area contributed by atoms with Crippen LogP contribution in [0.15, 0.2) is 35.1 Å². The highest BCUT2D eigenvalue weighted by Gasteiger charge is 2.17. The number of hydrogen-bond donors (Lipinski definition) is 0. The molecule has 1 aromatic carbocycles. The Morgan fingerprint density at radius 2 is 2.20 bits per heavy atom. The molecule has 0 saturated heterocycles. The van der Waals surface area contributed by atoms with E-state index < -0.39 is 4.92 Å². The van der Waals surface area contributed by atoms with Crippen LogP contribution >= 0.6 is 11.6 Å². The zero-order valence-electron chi connectivity index (χ0n) is 7.38. The van der Waals surface area contributed by atoms with Gasteiger partial charge in [-0.25, -0.2) is 0 Å².